The summed E-state index contributed by atoms with van der Waals surface area (Å²) in [5, 5.41) is 9.09. The molecule has 0 atom stereocenters. The molecule has 0 bridgehead atoms. The predicted octanol–water partition coefficient (Wildman–Crippen LogP) is 2.73. The van der Waals surface area contributed by atoms with Crippen LogP contribution in [0.15, 0.2) is 22.7 Å². The average molecular weight is 257 g/mol. The van der Waals surface area contributed by atoms with Crippen LogP contribution in [0.1, 0.15) is 18.4 Å². The smallest absolute Gasteiger partial charge is 0.125 e. The molecule has 0 aromatic heterocycles. The van der Waals surface area contributed by atoms with Crippen molar-refractivity contribution in [1.82, 2.24) is 0 Å². The van der Waals surface area contributed by atoms with Gasteiger partial charge in [0.25, 0.3) is 0 Å². The summed E-state index contributed by atoms with van der Waals surface area (Å²) in [4.78, 5) is 0. The molecule has 0 saturated heterocycles. The second kappa shape index (κ2) is 4.32. The highest BCUT2D eigenvalue weighted by atomic mass is 79.9. The van der Waals surface area contributed by atoms with Crippen LogP contribution >= 0.6 is 15.9 Å². The number of ether oxygens (including phenoxy) is 1. The van der Waals surface area contributed by atoms with E-state index < -0.39 is 0 Å². The summed E-state index contributed by atoms with van der Waals surface area (Å²) < 4.78 is 6.63. The fourth-order valence-corrected chi connectivity index (χ4v) is 1.63. The summed E-state index contributed by atoms with van der Waals surface area (Å²) in [6, 6.07) is 5.70. The van der Waals surface area contributed by atoms with Gasteiger partial charge in [-0.15, -0.1) is 0 Å². The second-order valence-corrected chi connectivity index (χ2v) is 4.58. The number of hydrogen-bond donors (Lipinski definition) is 1. The molecule has 1 aromatic rings. The Labute approximate surface area is 92.0 Å². The quantitative estimate of drug-likeness (QED) is 0.898. The molecular formula is C11H13BrO2. The Morgan fingerprint density at radius 3 is 2.86 bits per heavy atom. The maximum atomic E-state index is 9.09. The summed E-state index contributed by atoms with van der Waals surface area (Å²) in [5.74, 6) is 1.54. The van der Waals surface area contributed by atoms with Gasteiger partial charge in [-0.25, -0.2) is 0 Å². The second-order valence-electron chi connectivity index (χ2n) is 3.66. The number of rotatable bonds is 4. The van der Waals surface area contributed by atoms with Gasteiger partial charge in [0.2, 0.25) is 0 Å². The van der Waals surface area contributed by atoms with Gasteiger partial charge >= 0.3 is 0 Å². The normalized spacial score (nSPS) is 15.6. The summed E-state index contributed by atoms with van der Waals surface area (Å²) >= 11 is 3.39. The van der Waals surface area contributed by atoms with Gasteiger partial charge in [0.1, 0.15) is 5.75 Å². The number of benzene rings is 1. The first kappa shape index (κ1) is 9.99. The van der Waals surface area contributed by atoms with Crippen molar-refractivity contribution in [3.05, 3.63) is 28.2 Å². The average Bonchev–Trinajstić information content (AvgIpc) is 2.98. The highest BCUT2D eigenvalue weighted by molar-refractivity contribution is 9.10. The van der Waals surface area contributed by atoms with Gasteiger partial charge in [0.05, 0.1) is 13.2 Å². The number of hydrogen-bond acceptors (Lipinski definition) is 2. The fraction of sp³-hybridized carbons (Fsp3) is 0.455. The standard InChI is InChI=1S/C11H13BrO2/c12-10-4-3-9(6-13)11(5-10)14-7-8-1-2-8/h3-5,8,13H,1-2,6-7H2. The lowest BCUT2D eigenvalue weighted by molar-refractivity contribution is 0.258. The van der Waals surface area contributed by atoms with E-state index in [0.717, 1.165) is 28.3 Å². The summed E-state index contributed by atoms with van der Waals surface area (Å²) in [6.07, 6.45) is 2.56. The molecule has 0 aliphatic heterocycles. The van der Waals surface area contributed by atoms with Crippen LogP contribution < -0.4 is 4.74 Å². The van der Waals surface area contributed by atoms with Crippen molar-refractivity contribution in [3.8, 4) is 5.75 Å². The molecule has 0 radical (unpaired) electrons. The van der Waals surface area contributed by atoms with Crippen molar-refractivity contribution in [2.24, 2.45) is 5.92 Å². The van der Waals surface area contributed by atoms with Crippen molar-refractivity contribution in [1.29, 1.82) is 0 Å². The SMILES string of the molecule is OCc1ccc(Br)cc1OCC1CC1. The van der Waals surface area contributed by atoms with Crippen LogP contribution in [0.2, 0.25) is 0 Å². The molecule has 1 fully saturated rings. The van der Waals surface area contributed by atoms with E-state index in [2.05, 4.69) is 15.9 Å². The van der Waals surface area contributed by atoms with Crippen LogP contribution in [0.25, 0.3) is 0 Å². The fourth-order valence-electron chi connectivity index (χ4n) is 1.29. The van der Waals surface area contributed by atoms with Gasteiger partial charge in [-0.2, -0.15) is 0 Å². The van der Waals surface area contributed by atoms with Crippen LogP contribution in [0.4, 0.5) is 0 Å². The first-order chi connectivity index (χ1) is 6.79. The van der Waals surface area contributed by atoms with Crippen molar-refractivity contribution < 1.29 is 9.84 Å². The van der Waals surface area contributed by atoms with Crippen LogP contribution in [-0.4, -0.2) is 11.7 Å². The third kappa shape index (κ3) is 2.49. The zero-order valence-electron chi connectivity index (χ0n) is 7.87. The molecule has 0 amide bonds. The van der Waals surface area contributed by atoms with Gasteiger partial charge < -0.3 is 9.84 Å². The number of halogens is 1. The van der Waals surface area contributed by atoms with Crippen molar-refractivity contribution in [2.75, 3.05) is 6.61 Å². The third-order valence-electron chi connectivity index (χ3n) is 2.37. The lowest BCUT2D eigenvalue weighted by atomic mass is 10.2. The number of aliphatic hydroxyl groups is 1. The Morgan fingerprint density at radius 2 is 2.21 bits per heavy atom. The van der Waals surface area contributed by atoms with E-state index in [4.69, 9.17) is 9.84 Å². The van der Waals surface area contributed by atoms with E-state index in [0.29, 0.717) is 0 Å². The molecule has 0 spiro atoms. The Hall–Kier alpha value is -0.540. The molecule has 3 heteroatoms. The molecule has 2 nitrogen and oxygen atoms in total. The molecule has 0 unspecified atom stereocenters. The Balaban J connectivity index is 2.07. The Kier molecular flexibility index (Phi) is 3.08. The molecule has 1 aromatic carbocycles. The third-order valence-corrected chi connectivity index (χ3v) is 2.86. The molecule has 2 rings (SSSR count). The van der Waals surface area contributed by atoms with Crippen LogP contribution in [0.5, 0.6) is 5.75 Å². The van der Waals surface area contributed by atoms with E-state index >= 15 is 0 Å². The summed E-state index contributed by atoms with van der Waals surface area (Å²) in [5.41, 5.74) is 0.855. The molecule has 76 valence electrons. The first-order valence-electron chi connectivity index (χ1n) is 4.81. The van der Waals surface area contributed by atoms with Crippen molar-refractivity contribution in [3.63, 3.8) is 0 Å². The van der Waals surface area contributed by atoms with E-state index in [1.165, 1.54) is 12.8 Å². The highest BCUT2D eigenvalue weighted by Crippen LogP contribution is 2.31. The van der Waals surface area contributed by atoms with Gasteiger partial charge in [-0.3, -0.25) is 0 Å². The topological polar surface area (TPSA) is 29.5 Å². The molecular weight excluding hydrogens is 244 g/mol. The van der Waals surface area contributed by atoms with Gasteiger partial charge in [0.15, 0.2) is 0 Å². The lowest BCUT2D eigenvalue weighted by Crippen LogP contribution is -2.01. The van der Waals surface area contributed by atoms with E-state index in [9.17, 15) is 0 Å². The van der Waals surface area contributed by atoms with Crippen molar-refractivity contribution >= 4 is 15.9 Å². The van der Waals surface area contributed by atoms with E-state index in [1.54, 1.807) is 0 Å². The maximum Gasteiger partial charge on any atom is 0.125 e. The zero-order valence-corrected chi connectivity index (χ0v) is 9.46. The van der Waals surface area contributed by atoms with Crippen molar-refractivity contribution in [2.45, 2.75) is 19.4 Å². The Bertz CT molecular complexity index is 321. The van der Waals surface area contributed by atoms with Gasteiger partial charge in [0, 0.05) is 10.0 Å². The van der Waals surface area contributed by atoms with Crippen LogP contribution in [0.3, 0.4) is 0 Å². The monoisotopic (exact) mass is 256 g/mol. The molecule has 1 aliphatic carbocycles. The minimum Gasteiger partial charge on any atom is -0.493 e. The van der Waals surface area contributed by atoms with Gasteiger partial charge in [-0.1, -0.05) is 22.0 Å². The van der Waals surface area contributed by atoms with Crippen LogP contribution in [0, 0.1) is 5.92 Å². The maximum absolute atomic E-state index is 9.09. The number of aliphatic hydroxyl groups excluding tert-OH is 1. The zero-order chi connectivity index (χ0) is 9.97. The predicted molar refractivity (Wildman–Crippen MR) is 58.3 cm³/mol. The molecule has 0 heterocycles. The molecule has 1 aliphatic rings. The van der Waals surface area contributed by atoms with Crippen LogP contribution in [-0.2, 0) is 6.61 Å². The van der Waals surface area contributed by atoms with E-state index in [-0.39, 0.29) is 6.61 Å². The first-order valence-corrected chi connectivity index (χ1v) is 5.61. The Morgan fingerprint density at radius 1 is 1.43 bits per heavy atom. The minimum absolute atomic E-state index is 0.0350. The lowest BCUT2D eigenvalue weighted by Gasteiger charge is -2.09. The van der Waals surface area contributed by atoms with E-state index in [1.807, 2.05) is 18.2 Å². The largest absolute Gasteiger partial charge is 0.493 e. The molecule has 1 saturated carbocycles. The summed E-state index contributed by atoms with van der Waals surface area (Å²) in [6.45, 7) is 0.816. The highest BCUT2D eigenvalue weighted by Gasteiger charge is 2.22. The van der Waals surface area contributed by atoms with Gasteiger partial charge in [-0.05, 0) is 30.9 Å². The molecule has 14 heavy (non-hydrogen) atoms. The minimum atomic E-state index is 0.0350. The summed E-state index contributed by atoms with van der Waals surface area (Å²) in [7, 11) is 0. The molecule has 1 N–H and O–H groups in total.